The predicted molar refractivity (Wildman–Crippen MR) is 107 cm³/mol. The Kier molecular flexibility index (Phi) is 4.98. The molecule has 2 aromatic carbocycles. The van der Waals surface area contributed by atoms with E-state index in [1.165, 1.54) is 11.3 Å². The lowest BCUT2D eigenvalue weighted by molar-refractivity contribution is -0.117. The molecule has 2 heterocycles. The number of amides is 3. The summed E-state index contributed by atoms with van der Waals surface area (Å²) in [6, 6.07) is 11.5. The lowest BCUT2D eigenvalue weighted by Gasteiger charge is -2.17. The number of aromatic nitrogens is 1. The van der Waals surface area contributed by atoms with E-state index in [0.29, 0.717) is 41.0 Å². The van der Waals surface area contributed by atoms with Crippen molar-refractivity contribution in [1.82, 2.24) is 10.3 Å². The highest BCUT2D eigenvalue weighted by atomic mass is 32.1. The second-order valence-electron chi connectivity index (χ2n) is 6.16. The molecule has 3 N–H and O–H groups in total. The number of urea groups is 1. The second-order valence-corrected chi connectivity index (χ2v) is 7.19. The van der Waals surface area contributed by atoms with E-state index in [4.69, 9.17) is 9.47 Å². The van der Waals surface area contributed by atoms with E-state index in [-0.39, 0.29) is 5.91 Å². The van der Waals surface area contributed by atoms with E-state index >= 15 is 0 Å². The molecule has 28 heavy (non-hydrogen) atoms. The number of nitrogens with one attached hydrogen (secondary N) is 3. The predicted octanol–water partition coefficient (Wildman–Crippen LogP) is 3.22. The van der Waals surface area contributed by atoms with Crippen molar-refractivity contribution in [2.75, 3.05) is 23.8 Å². The average molecular weight is 398 g/mol. The van der Waals surface area contributed by atoms with Crippen LogP contribution in [0.2, 0.25) is 0 Å². The molecule has 9 heteroatoms. The van der Waals surface area contributed by atoms with Crippen LogP contribution < -0.4 is 25.4 Å². The topological polar surface area (TPSA) is 102 Å². The first-order chi connectivity index (χ1) is 13.6. The van der Waals surface area contributed by atoms with Crippen LogP contribution in [0.5, 0.6) is 11.5 Å². The summed E-state index contributed by atoms with van der Waals surface area (Å²) in [5.74, 6) is 0.960. The average Bonchev–Trinajstić information content (AvgIpc) is 3.07. The molecular weight excluding hydrogens is 380 g/mol. The van der Waals surface area contributed by atoms with Crippen molar-refractivity contribution in [2.24, 2.45) is 0 Å². The number of ether oxygens (including phenoxy) is 2. The van der Waals surface area contributed by atoms with Gasteiger partial charge in [-0.2, -0.15) is 0 Å². The van der Waals surface area contributed by atoms with Crippen LogP contribution in [-0.4, -0.2) is 36.2 Å². The van der Waals surface area contributed by atoms with Crippen LogP contribution in [0, 0.1) is 0 Å². The van der Waals surface area contributed by atoms with Gasteiger partial charge in [0.1, 0.15) is 19.3 Å². The zero-order valence-corrected chi connectivity index (χ0v) is 15.8. The number of nitrogens with zero attached hydrogens (tertiary/aromatic N) is 1. The molecule has 3 aromatic rings. The number of thiazole rings is 1. The molecule has 3 amide bonds. The fourth-order valence-corrected chi connectivity index (χ4v) is 3.56. The Labute approximate surface area is 164 Å². The lowest BCUT2D eigenvalue weighted by atomic mass is 10.3. The summed E-state index contributed by atoms with van der Waals surface area (Å²) in [5, 5.41) is 8.45. The monoisotopic (exact) mass is 398 g/mol. The zero-order valence-electron chi connectivity index (χ0n) is 15.0. The van der Waals surface area contributed by atoms with Crippen LogP contribution in [0.3, 0.4) is 0 Å². The minimum absolute atomic E-state index is 0.362. The molecular formula is C19H18N4O4S. The molecule has 4 rings (SSSR count). The van der Waals surface area contributed by atoms with Crippen LogP contribution in [0.1, 0.15) is 6.92 Å². The molecule has 0 fully saturated rings. The molecule has 0 spiro atoms. The lowest BCUT2D eigenvalue weighted by Crippen LogP contribution is -2.43. The number of carbonyl (C=O) groups is 2. The molecule has 0 saturated carbocycles. The first kappa shape index (κ1) is 18.1. The summed E-state index contributed by atoms with van der Waals surface area (Å²) in [6.07, 6.45) is 0. The highest BCUT2D eigenvalue weighted by Crippen LogP contribution is 2.37. The third kappa shape index (κ3) is 3.99. The van der Waals surface area contributed by atoms with Crippen molar-refractivity contribution in [3.8, 4) is 11.5 Å². The van der Waals surface area contributed by atoms with Gasteiger partial charge in [-0.3, -0.25) is 4.79 Å². The third-order valence-corrected chi connectivity index (χ3v) is 4.99. The number of benzene rings is 2. The zero-order chi connectivity index (χ0) is 19.5. The van der Waals surface area contributed by atoms with Crippen molar-refractivity contribution in [2.45, 2.75) is 13.0 Å². The largest absolute Gasteiger partial charge is 0.486 e. The van der Waals surface area contributed by atoms with Gasteiger partial charge in [0.2, 0.25) is 5.91 Å². The molecule has 0 aliphatic carbocycles. The molecule has 1 aliphatic heterocycles. The number of hydrogen-bond donors (Lipinski definition) is 3. The smallest absolute Gasteiger partial charge is 0.319 e. The molecule has 1 aliphatic rings. The van der Waals surface area contributed by atoms with Gasteiger partial charge in [0.15, 0.2) is 16.6 Å². The Bertz CT molecular complexity index is 978. The quantitative estimate of drug-likeness (QED) is 0.626. The van der Waals surface area contributed by atoms with Gasteiger partial charge in [-0.05, 0) is 19.1 Å². The van der Waals surface area contributed by atoms with Gasteiger partial charge >= 0.3 is 6.03 Å². The summed E-state index contributed by atoms with van der Waals surface area (Å²) < 4.78 is 12.0. The van der Waals surface area contributed by atoms with E-state index in [2.05, 4.69) is 20.9 Å². The maximum absolute atomic E-state index is 12.4. The van der Waals surface area contributed by atoms with Gasteiger partial charge in [0.25, 0.3) is 0 Å². The van der Waals surface area contributed by atoms with Gasteiger partial charge in [0, 0.05) is 17.8 Å². The van der Waals surface area contributed by atoms with E-state index in [9.17, 15) is 9.59 Å². The van der Waals surface area contributed by atoms with Gasteiger partial charge < -0.3 is 25.4 Å². The number of para-hydroxylation sites is 1. The first-order valence-corrected chi connectivity index (χ1v) is 9.54. The number of anilines is 2. The number of hydrogen-bond acceptors (Lipinski definition) is 6. The molecule has 0 saturated heterocycles. The Balaban J connectivity index is 1.39. The molecule has 1 aromatic heterocycles. The Morgan fingerprint density at radius 2 is 1.79 bits per heavy atom. The minimum atomic E-state index is -0.740. The Morgan fingerprint density at radius 1 is 1.07 bits per heavy atom. The first-order valence-electron chi connectivity index (χ1n) is 8.72. The van der Waals surface area contributed by atoms with Crippen molar-refractivity contribution in [3.05, 3.63) is 42.5 Å². The molecule has 8 nitrogen and oxygen atoms in total. The molecule has 0 radical (unpaired) electrons. The van der Waals surface area contributed by atoms with E-state index < -0.39 is 12.1 Å². The fraction of sp³-hybridized carbons (Fsp3) is 0.211. The van der Waals surface area contributed by atoms with Crippen molar-refractivity contribution in [1.29, 1.82) is 0 Å². The van der Waals surface area contributed by atoms with E-state index in [1.54, 1.807) is 25.1 Å². The van der Waals surface area contributed by atoms with Crippen LogP contribution in [-0.2, 0) is 4.79 Å². The second kappa shape index (κ2) is 7.73. The Morgan fingerprint density at radius 3 is 2.54 bits per heavy atom. The highest BCUT2D eigenvalue weighted by Gasteiger charge is 2.19. The summed E-state index contributed by atoms with van der Waals surface area (Å²) in [7, 11) is 0. The molecule has 1 unspecified atom stereocenters. The van der Waals surface area contributed by atoms with Gasteiger partial charge in [0.05, 0.1) is 10.2 Å². The van der Waals surface area contributed by atoms with Gasteiger partial charge in [-0.25, -0.2) is 9.78 Å². The SMILES string of the molecule is CC(NC(=O)Nc1ccccc1)C(=O)Nc1nc2cc3c(cc2s1)OCCO3. The van der Waals surface area contributed by atoms with Crippen molar-refractivity contribution in [3.63, 3.8) is 0 Å². The number of fused-ring (bicyclic) bond motifs is 2. The van der Waals surface area contributed by atoms with Crippen molar-refractivity contribution >= 4 is 44.3 Å². The normalized spacial score (nSPS) is 13.6. The maximum atomic E-state index is 12.4. The molecule has 144 valence electrons. The van der Waals surface area contributed by atoms with E-state index in [1.807, 2.05) is 24.3 Å². The molecule has 0 bridgehead atoms. The standard InChI is InChI=1S/C19H18N4O4S/c1-11(20-18(25)21-12-5-3-2-4-6-12)17(24)23-19-22-13-9-14-15(10-16(13)28-19)27-8-7-26-14/h2-6,9-11H,7-8H2,1H3,(H2,20,21,25)(H,22,23,24). The maximum Gasteiger partial charge on any atom is 0.319 e. The van der Waals surface area contributed by atoms with Crippen molar-refractivity contribution < 1.29 is 19.1 Å². The summed E-state index contributed by atoms with van der Waals surface area (Å²) >= 11 is 1.33. The van der Waals surface area contributed by atoms with Crippen LogP contribution in [0.4, 0.5) is 15.6 Å². The number of carbonyl (C=O) groups excluding carboxylic acids is 2. The minimum Gasteiger partial charge on any atom is -0.486 e. The van der Waals surface area contributed by atoms with Crippen LogP contribution in [0.15, 0.2) is 42.5 Å². The summed E-state index contributed by atoms with van der Waals surface area (Å²) in [6.45, 7) is 2.61. The van der Waals surface area contributed by atoms with Gasteiger partial charge in [-0.15, -0.1) is 0 Å². The summed E-state index contributed by atoms with van der Waals surface area (Å²) in [5.41, 5.74) is 1.36. The number of rotatable bonds is 4. The van der Waals surface area contributed by atoms with Crippen LogP contribution in [0.25, 0.3) is 10.2 Å². The van der Waals surface area contributed by atoms with Crippen LogP contribution >= 0.6 is 11.3 Å². The highest BCUT2D eigenvalue weighted by molar-refractivity contribution is 7.22. The fourth-order valence-electron chi connectivity index (χ4n) is 2.68. The summed E-state index contributed by atoms with van der Waals surface area (Å²) in [4.78, 5) is 28.8. The van der Waals surface area contributed by atoms with E-state index in [0.717, 1.165) is 4.70 Å². The van der Waals surface area contributed by atoms with Gasteiger partial charge in [-0.1, -0.05) is 29.5 Å². The Hall–Kier alpha value is -3.33. The molecule has 1 atom stereocenters. The third-order valence-electron chi connectivity index (χ3n) is 4.06.